The van der Waals surface area contributed by atoms with E-state index in [4.69, 9.17) is 9.47 Å². The van der Waals surface area contributed by atoms with Gasteiger partial charge in [-0.05, 0) is 11.6 Å². The van der Waals surface area contributed by atoms with E-state index < -0.39 is 10.9 Å². The molecule has 0 N–H and O–H groups in total. The molecule has 0 heterocycles. The highest BCUT2D eigenvalue weighted by molar-refractivity contribution is 5.66. The number of nitro benzene ring substituents is 1. The van der Waals surface area contributed by atoms with Crippen LogP contribution in [0.15, 0.2) is 18.2 Å². The number of hydrogen-bond donors (Lipinski definition) is 0. The minimum absolute atomic E-state index is 0.0141. The molecular formula is C10H11NO5. The lowest BCUT2D eigenvalue weighted by atomic mass is 10.2. The van der Waals surface area contributed by atoms with Crippen molar-refractivity contribution >= 4 is 11.7 Å². The Bertz CT molecular complexity index is 416. The topological polar surface area (TPSA) is 78.7 Å². The summed E-state index contributed by atoms with van der Waals surface area (Å²) in [5, 5.41) is 10.7. The maximum Gasteiger partial charge on any atom is 0.311 e. The van der Waals surface area contributed by atoms with Gasteiger partial charge in [-0.2, -0.15) is 0 Å². The first kappa shape index (κ1) is 12.0. The molecule has 86 valence electrons. The van der Waals surface area contributed by atoms with Gasteiger partial charge in [0, 0.05) is 13.0 Å². The summed E-state index contributed by atoms with van der Waals surface area (Å²) >= 11 is 0. The second-order valence-corrected chi connectivity index (χ2v) is 3.04. The predicted octanol–water partition coefficient (Wildman–Crippen LogP) is 1.67. The molecule has 0 unspecified atom stereocenters. The third kappa shape index (κ3) is 2.94. The van der Waals surface area contributed by atoms with E-state index in [9.17, 15) is 14.9 Å². The molecule has 16 heavy (non-hydrogen) atoms. The van der Waals surface area contributed by atoms with Crippen LogP contribution in [0.3, 0.4) is 0 Å². The lowest BCUT2D eigenvalue weighted by Gasteiger charge is -2.05. The molecule has 0 saturated carbocycles. The number of nitro groups is 1. The molecule has 6 heteroatoms. The van der Waals surface area contributed by atoms with Crippen LogP contribution in [0.25, 0.3) is 0 Å². The largest absolute Gasteiger partial charge is 0.490 e. The summed E-state index contributed by atoms with van der Waals surface area (Å²) in [6.07, 6.45) is 0. The van der Waals surface area contributed by atoms with Crippen LogP contribution in [-0.4, -0.2) is 18.0 Å². The van der Waals surface area contributed by atoms with Gasteiger partial charge in [-0.1, -0.05) is 6.07 Å². The Morgan fingerprint density at radius 2 is 2.19 bits per heavy atom. The lowest BCUT2D eigenvalue weighted by Crippen LogP contribution is -2.00. The van der Waals surface area contributed by atoms with Crippen molar-refractivity contribution in [1.82, 2.24) is 0 Å². The fourth-order valence-corrected chi connectivity index (χ4v) is 1.15. The van der Waals surface area contributed by atoms with E-state index >= 15 is 0 Å². The van der Waals surface area contributed by atoms with Crippen molar-refractivity contribution in [1.29, 1.82) is 0 Å². The van der Waals surface area contributed by atoms with Gasteiger partial charge in [0.15, 0.2) is 5.75 Å². The van der Waals surface area contributed by atoms with Crippen LogP contribution in [0.4, 0.5) is 5.69 Å². The molecule has 0 atom stereocenters. The highest BCUT2D eigenvalue weighted by atomic mass is 16.6. The minimum atomic E-state index is -0.546. The zero-order valence-corrected chi connectivity index (χ0v) is 8.93. The third-order valence-corrected chi connectivity index (χ3v) is 1.88. The van der Waals surface area contributed by atoms with Crippen LogP contribution >= 0.6 is 0 Å². The highest BCUT2D eigenvalue weighted by Gasteiger charge is 2.15. The van der Waals surface area contributed by atoms with Gasteiger partial charge >= 0.3 is 11.7 Å². The number of carbonyl (C=O) groups is 1. The first-order chi connectivity index (χ1) is 7.54. The van der Waals surface area contributed by atoms with E-state index in [1.807, 2.05) is 0 Å². The molecule has 6 nitrogen and oxygen atoms in total. The Balaban J connectivity index is 2.93. The molecular weight excluding hydrogens is 214 g/mol. The van der Waals surface area contributed by atoms with Crippen LogP contribution in [0, 0.1) is 10.1 Å². The van der Waals surface area contributed by atoms with E-state index in [1.165, 1.54) is 26.2 Å². The van der Waals surface area contributed by atoms with Gasteiger partial charge in [0.1, 0.15) is 6.61 Å². The normalized spacial score (nSPS) is 9.62. The molecule has 0 aliphatic heterocycles. The summed E-state index contributed by atoms with van der Waals surface area (Å²) in [4.78, 5) is 20.7. The summed E-state index contributed by atoms with van der Waals surface area (Å²) in [5.74, 6) is -0.255. The molecule has 0 bridgehead atoms. The third-order valence-electron chi connectivity index (χ3n) is 1.88. The average Bonchev–Trinajstić information content (AvgIpc) is 2.25. The summed E-state index contributed by atoms with van der Waals surface area (Å²) in [7, 11) is 1.36. The smallest absolute Gasteiger partial charge is 0.311 e. The van der Waals surface area contributed by atoms with Gasteiger partial charge in [0.25, 0.3) is 0 Å². The molecule has 1 rings (SSSR count). The minimum Gasteiger partial charge on any atom is -0.490 e. The standard InChI is InChI=1S/C10H11NO5/c1-7(12)16-6-8-3-4-10(15-2)9(5-8)11(13)14/h3-5H,6H2,1-2H3. The van der Waals surface area contributed by atoms with Gasteiger partial charge in [0.05, 0.1) is 12.0 Å². The first-order valence-electron chi connectivity index (χ1n) is 4.49. The number of nitrogens with zero attached hydrogens (tertiary/aromatic N) is 1. The molecule has 0 aliphatic rings. The van der Waals surface area contributed by atoms with E-state index in [-0.39, 0.29) is 18.0 Å². The summed E-state index contributed by atoms with van der Waals surface area (Å²) in [5.41, 5.74) is 0.398. The second kappa shape index (κ2) is 5.11. The van der Waals surface area contributed by atoms with Crippen molar-refractivity contribution in [3.63, 3.8) is 0 Å². The summed E-state index contributed by atoms with van der Waals surface area (Å²) in [6.45, 7) is 1.29. The van der Waals surface area contributed by atoms with Crippen molar-refractivity contribution in [3.8, 4) is 5.75 Å². The maximum absolute atomic E-state index is 10.7. The van der Waals surface area contributed by atoms with Gasteiger partial charge in [-0.25, -0.2) is 0 Å². The Hall–Kier alpha value is -2.11. The SMILES string of the molecule is COc1ccc(COC(C)=O)cc1[N+](=O)[O-]. The zero-order chi connectivity index (χ0) is 12.1. The average molecular weight is 225 g/mol. The Morgan fingerprint density at radius 3 is 2.69 bits per heavy atom. The zero-order valence-electron chi connectivity index (χ0n) is 8.93. The number of benzene rings is 1. The number of ether oxygens (including phenoxy) is 2. The predicted molar refractivity (Wildman–Crippen MR) is 55.1 cm³/mol. The number of hydrogen-bond acceptors (Lipinski definition) is 5. The maximum atomic E-state index is 10.7. The number of rotatable bonds is 4. The van der Waals surface area contributed by atoms with E-state index in [0.717, 1.165) is 0 Å². The lowest BCUT2D eigenvalue weighted by molar-refractivity contribution is -0.385. The Kier molecular flexibility index (Phi) is 3.82. The molecule has 0 aliphatic carbocycles. The highest BCUT2D eigenvalue weighted by Crippen LogP contribution is 2.27. The summed E-state index contributed by atoms with van der Waals surface area (Å²) in [6, 6.07) is 4.40. The van der Waals surface area contributed by atoms with Gasteiger partial charge in [-0.15, -0.1) is 0 Å². The molecule has 1 aromatic rings. The number of esters is 1. The van der Waals surface area contributed by atoms with Crippen LogP contribution in [0.2, 0.25) is 0 Å². The van der Waals surface area contributed by atoms with Crippen molar-refractivity contribution in [2.75, 3.05) is 7.11 Å². The molecule has 0 aromatic heterocycles. The second-order valence-electron chi connectivity index (χ2n) is 3.04. The molecule has 0 fully saturated rings. The van der Waals surface area contributed by atoms with E-state index in [1.54, 1.807) is 6.07 Å². The van der Waals surface area contributed by atoms with Crippen molar-refractivity contribution in [2.24, 2.45) is 0 Å². The van der Waals surface area contributed by atoms with Gasteiger partial charge in [0.2, 0.25) is 0 Å². The Labute approximate surface area is 91.9 Å². The summed E-state index contributed by atoms with van der Waals surface area (Å²) < 4.78 is 9.57. The van der Waals surface area contributed by atoms with E-state index in [2.05, 4.69) is 0 Å². The van der Waals surface area contributed by atoms with Crippen LogP contribution in [0.5, 0.6) is 5.75 Å². The monoisotopic (exact) mass is 225 g/mol. The van der Waals surface area contributed by atoms with Crippen LogP contribution < -0.4 is 4.74 Å². The van der Waals surface area contributed by atoms with Crippen LogP contribution in [-0.2, 0) is 16.1 Å². The fraction of sp³-hybridized carbons (Fsp3) is 0.300. The van der Waals surface area contributed by atoms with Crippen molar-refractivity contribution < 1.29 is 19.2 Å². The molecule has 0 spiro atoms. The molecule has 0 amide bonds. The quantitative estimate of drug-likeness (QED) is 0.442. The van der Waals surface area contributed by atoms with Gasteiger partial charge < -0.3 is 9.47 Å². The van der Waals surface area contributed by atoms with E-state index in [0.29, 0.717) is 5.56 Å². The Morgan fingerprint density at radius 1 is 1.50 bits per heavy atom. The fourth-order valence-electron chi connectivity index (χ4n) is 1.15. The van der Waals surface area contributed by atoms with Crippen molar-refractivity contribution in [2.45, 2.75) is 13.5 Å². The van der Waals surface area contributed by atoms with Crippen molar-refractivity contribution in [3.05, 3.63) is 33.9 Å². The molecule has 1 aromatic carbocycles. The molecule has 0 radical (unpaired) electrons. The number of carbonyl (C=O) groups excluding carboxylic acids is 1. The first-order valence-corrected chi connectivity index (χ1v) is 4.49. The van der Waals surface area contributed by atoms with Crippen LogP contribution in [0.1, 0.15) is 12.5 Å². The number of methoxy groups -OCH3 is 1. The van der Waals surface area contributed by atoms with Gasteiger partial charge in [-0.3, -0.25) is 14.9 Å². The molecule has 0 saturated heterocycles.